The van der Waals surface area contributed by atoms with Crippen molar-refractivity contribution < 1.29 is 0 Å². The molecule has 0 aliphatic rings. The predicted molar refractivity (Wildman–Crippen MR) is 59.6 cm³/mol. The van der Waals surface area contributed by atoms with Crippen LogP contribution in [0.3, 0.4) is 0 Å². The maximum absolute atomic E-state index is 5.16. The zero-order chi connectivity index (χ0) is 9.94. The summed E-state index contributed by atoms with van der Waals surface area (Å²) in [4.78, 5) is 0. The molecule has 0 rings (SSSR count). The average Bonchev–Trinajstić information content (AvgIpc) is 2.09. The van der Waals surface area contributed by atoms with Gasteiger partial charge in [-0.25, -0.2) is 0 Å². The molecule has 0 saturated carbocycles. The van der Waals surface area contributed by atoms with Crippen molar-refractivity contribution in [3.8, 4) is 12.3 Å². The number of terminal acetylenes is 1. The number of hydrogen-bond donors (Lipinski definition) is 1. The Kier molecular flexibility index (Phi) is 9.25. The van der Waals surface area contributed by atoms with Gasteiger partial charge in [0.15, 0.2) is 0 Å². The molecular weight excluding hydrogens is 158 g/mol. The lowest BCUT2D eigenvalue weighted by atomic mass is 10.1. The van der Waals surface area contributed by atoms with Gasteiger partial charge in [0.05, 0.1) is 0 Å². The largest absolute Gasteiger partial charge is 0.316 e. The van der Waals surface area contributed by atoms with Crippen LogP contribution >= 0.6 is 0 Å². The van der Waals surface area contributed by atoms with Crippen LogP contribution in [0.25, 0.3) is 0 Å². The molecule has 0 atom stereocenters. The van der Waals surface area contributed by atoms with Gasteiger partial charge in [0.25, 0.3) is 0 Å². The molecule has 0 spiro atoms. The highest BCUT2D eigenvalue weighted by Crippen LogP contribution is 2.01. The van der Waals surface area contributed by atoms with Gasteiger partial charge in [-0.3, -0.25) is 0 Å². The summed E-state index contributed by atoms with van der Waals surface area (Å²) in [5.74, 6) is 3.43. The van der Waals surface area contributed by atoms with Crippen molar-refractivity contribution in [3.05, 3.63) is 0 Å². The van der Waals surface area contributed by atoms with Gasteiger partial charge < -0.3 is 5.32 Å². The fraction of sp³-hybridized carbons (Fsp3) is 0.833. The minimum absolute atomic E-state index is 0.765. The van der Waals surface area contributed by atoms with E-state index < -0.39 is 0 Å². The van der Waals surface area contributed by atoms with Crippen molar-refractivity contribution in [2.75, 3.05) is 13.1 Å². The van der Waals surface area contributed by atoms with E-state index in [-0.39, 0.29) is 0 Å². The highest BCUT2D eigenvalue weighted by Gasteiger charge is 1.92. The first-order valence-corrected chi connectivity index (χ1v) is 5.41. The molecule has 0 bridgehead atoms. The third-order valence-electron chi connectivity index (χ3n) is 1.98. The topological polar surface area (TPSA) is 12.0 Å². The van der Waals surface area contributed by atoms with Gasteiger partial charge in [-0.15, -0.1) is 12.3 Å². The summed E-state index contributed by atoms with van der Waals surface area (Å²) in [7, 11) is 0. The second-order valence-corrected chi connectivity index (χ2v) is 3.97. The summed E-state index contributed by atoms with van der Waals surface area (Å²) in [5, 5.41) is 3.44. The second-order valence-electron chi connectivity index (χ2n) is 3.97. The monoisotopic (exact) mass is 181 g/mol. The molecule has 13 heavy (non-hydrogen) atoms. The Morgan fingerprint density at radius 1 is 1.15 bits per heavy atom. The smallest absolute Gasteiger partial charge is 0.00860 e. The van der Waals surface area contributed by atoms with Gasteiger partial charge in [0.1, 0.15) is 0 Å². The van der Waals surface area contributed by atoms with E-state index in [1.165, 1.54) is 25.7 Å². The van der Waals surface area contributed by atoms with Crippen LogP contribution in [-0.4, -0.2) is 13.1 Å². The van der Waals surface area contributed by atoms with Crippen LogP contribution < -0.4 is 5.32 Å². The van der Waals surface area contributed by atoms with Crippen molar-refractivity contribution in [3.63, 3.8) is 0 Å². The third kappa shape index (κ3) is 11.5. The standard InChI is InChI=1S/C12H23N/c1-4-5-6-7-8-9-10-13-11-12(2)3/h1,12-13H,5-11H2,2-3H3. The fourth-order valence-corrected chi connectivity index (χ4v) is 1.22. The van der Waals surface area contributed by atoms with Crippen LogP contribution in [-0.2, 0) is 0 Å². The molecule has 1 N–H and O–H groups in total. The third-order valence-corrected chi connectivity index (χ3v) is 1.98. The minimum Gasteiger partial charge on any atom is -0.316 e. The Balaban J connectivity index is 2.88. The normalized spacial score (nSPS) is 10.3. The fourth-order valence-electron chi connectivity index (χ4n) is 1.22. The lowest BCUT2D eigenvalue weighted by molar-refractivity contribution is 0.527. The highest BCUT2D eigenvalue weighted by atomic mass is 14.8. The molecule has 0 aromatic carbocycles. The molecule has 1 nitrogen and oxygen atoms in total. The Morgan fingerprint density at radius 2 is 1.85 bits per heavy atom. The maximum atomic E-state index is 5.16. The van der Waals surface area contributed by atoms with E-state index in [9.17, 15) is 0 Å². The molecule has 0 aromatic heterocycles. The zero-order valence-corrected chi connectivity index (χ0v) is 9.10. The molecule has 0 aromatic rings. The van der Waals surface area contributed by atoms with Crippen molar-refractivity contribution in [2.24, 2.45) is 5.92 Å². The van der Waals surface area contributed by atoms with E-state index in [2.05, 4.69) is 25.1 Å². The van der Waals surface area contributed by atoms with Crippen molar-refractivity contribution in [1.29, 1.82) is 0 Å². The highest BCUT2D eigenvalue weighted by molar-refractivity contribution is 4.82. The van der Waals surface area contributed by atoms with E-state index in [4.69, 9.17) is 6.42 Å². The molecule has 0 saturated heterocycles. The van der Waals surface area contributed by atoms with E-state index >= 15 is 0 Å². The van der Waals surface area contributed by atoms with Crippen LogP contribution in [0.15, 0.2) is 0 Å². The van der Waals surface area contributed by atoms with E-state index in [0.717, 1.165) is 25.4 Å². The Labute approximate surface area is 83.3 Å². The SMILES string of the molecule is C#CCCCCCCNCC(C)C. The van der Waals surface area contributed by atoms with Crippen molar-refractivity contribution >= 4 is 0 Å². The van der Waals surface area contributed by atoms with Crippen LogP contribution in [0.1, 0.15) is 46.0 Å². The Bertz CT molecular complexity index is 133. The maximum Gasteiger partial charge on any atom is 0.00860 e. The minimum atomic E-state index is 0.765. The molecule has 0 amide bonds. The molecule has 76 valence electrons. The molecule has 0 unspecified atom stereocenters. The van der Waals surface area contributed by atoms with Gasteiger partial charge in [0, 0.05) is 6.42 Å². The van der Waals surface area contributed by atoms with Crippen LogP contribution in [0.4, 0.5) is 0 Å². The quantitative estimate of drug-likeness (QED) is 0.448. The number of rotatable bonds is 8. The summed E-state index contributed by atoms with van der Waals surface area (Å²) in [6, 6.07) is 0. The average molecular weight is 181 g/mol. The van der Waals surface area contributed by atoms with Gasteiger partial charge in [-0.05, 0) is 31.8 Å². The summed E-state index contributed by atoms with van der Waals surface area (Å²) in [6.07, 6.45) is 11.2. The summed E-state index contributed by atoms with van der Waals surface area (Å²) < 4.78 is 0. The van der Waals surface area contributed by atoms with E-state index in [1.807, 2.05) is 0 Å². The van der Waals surface area contributed by atoms with Crippen LogP contribution in [0, 0.1) is 18.3 Å². The lowest BCUT2D eigenvalue weighted by Crippen LogP contribution is -2.20. The molecule has 0 radical (unpaired) electrons. The second kappa shape index (κ2) is 9.61. The number of hydrogen-bond acceptors (Lipinski definition) is 1. The first-order chi connectivity index (χ1) is 6.27. The molecule has 0 heterocycles. The van der Waals surface area contributed by atoms with Crippen molar-refractivity contribution in [1.82, 2.24) is 5.32 Å². The number of unbranched alkanes of at least 4 members (excludes halogenated alkanes) is 4. The number of nitrogens with one attached hydrogen (secondary N) is 1. The molecule has 0 aliphatic carbocycles. The molecule has 0 aliphatic heterocycles. The van der Waals surface area contributed by atoms with Gasteiger partial charge >= 0.3 is 0 Å². The lowest BCUT2D eigenvalue weighted by Gasteiger charge is -2.06. The van der Waals surface area contributed by atoms with Gasteiger partial charge in [0.2, 0.25) is 0 Å². The van der Waals surface area contributed by atoms with Crippen LogP contribution in [0.2, 0.25) is 0 Å². The summed E-state index contributed by atoms with van der Waals surface area (Å²) in [5.41, 5.74) is 0. The van der Waals surface area contributed by atoms with Gasteiger partial charge in [-0.1, -0.05) is 26.7 Å². The molecular formula is C12H23N. The summed E-state index contributed by atoms with van der Waals surface area (Å²) in [6.45, 7) is 6.78. The first kappa shape index (κ1) is 12.5. The van der Waals surface area contributed by atoms with Crippen LogP contribution in [0.5, 0.6) is 0 Å². The first-order valence-electron chi connectivity index (χ1n) is 5.41. The Hall–Kier alpha value is -0.480. The van der Waals surface area contributed by atoms with Crippen molar-refractivity contribution in [2.45, 2.75) is 46.0 Å². The zero-order valence-electron chi connectivity index (χ0n) is 9.10. The molecule has 1 heteroatoms. The molecule has 0 fully saturated rings. The predicted octanol–water partition coefficient (Wildman–Crippen LogP) is 2.82. The van der Waals surface area contributed by atoms with Gasteiger partial charge in [-0.2, -0.15) is 0 Å². The van der Waals surface area contributed by atoms with E-state index in [1.54, 1.807) is 0 Å². The van der Waals surface area contributed by atoms with E-state index in [0.29, 0.717) is 0 Å². The Morgan fingerprint density at radius 3 is 2.46 bits per heavy atom. The summed E-state index contributed by atoms with van der Waals surface area (Å²) >= 11 is 0.